The van der Waals surface area contributed by atoms with E-state index in [-0.39, 0.29) is 11.9 Å². The fourth-order valence-corrected chi connectivity index (χ4v) is 3.17. The largest absolute Gasteiger partial charge is 0.480 e. The van der Waals surface area contributed by atoms with E-state index in [0.717, 1.165) is 12.8 Å². The zero-order chi connectivity index (χ0) is 18.3. The maximum atomic E-state index is 13.3. The second-order valence-electron chi connectivity index (χ2n) is 6.51. The fraction of sp³-hybridized carbons (Fsp3) is 0.250. The van der Waals surface area contributed by atoms with Crippen LogP contribution in [0.4, 0.5) is 0 Å². The Labute approximate surface area is 150 Å². The first-order valence-corrected chi connectivity index (χ1v) is 8.55. The number of carbonyl (C=O) groups is 2. The van der Waals surface area contributed by atoms with Crippen LogP contribution in [0.1, 0.15) is 30.1 Å². The SMILES string of the molecule is CC(C(=O)O)N(C(=O)c1cc(-c2ccco2)nc2ccccc12)C1CC1. The second kappa shape index (κ2) is 6.29. The molecule has 26 heavy (non-hydrogen) atoms. The summed E-state index contributed by atoms with van der Waals surface area (Å²) >= 11 is 0. The van der Waals surface area contributed by atoms with Crippen molar-refractivity contribution < 1.29 is 19.1 Å². The number of furan rings is 1. The van der Waals surface area contributed by atoms with Crippen molar-refractivity contribution in [2.45, 2.75) is 31.8 Å². The number of rotatable bonds is 5. The number of nitrogens with zero attached hydrogens (tertiary/aromatic N) is 2. The number of fused-ring (bicyclic) bond motifs is 1. The van der Waals surface area contributed by atoms with Gasteiger partial charge in [-0.05, 0) is 44.0 Å². The molecule has 0 radical (unpaired) electrons. The second-order valence-corrected chi connectivity index (χ2v) is 6.51. The van der Waals surface area contributed by atoms with Crippen LogP contribution in [-0.4, -0.2) is 39.0 Å². The average molecular weight is 350 g/mol. The third-order valence-electron chi connectivity index (χ3n) is 4.67. The van der Waals surface area contributed by atoms with Gasteiger partial charge in [0.2, 0.25) is 0 Å². The maximum absolute atomic E-state index is 13.3. The molecule has 6 nitrogen and oxygen atoms in total. The monoisotopic (exact) mass is 350 g/mol. The molecular weight excluding hydrogens is 332 g/mol. The zero-order valence-electron chi connectivity index (χ0n) is 14.3. The summed E-state index contributed by atoms with van der Waals surface area (Å²) in [6.07, 6.45) is 3.21. The Kier molecular flexibility index (Phi) is 3.95. The molecular formula is C20H18N2O4. The van der Waals surface area contributed by atoms with E-state index in [9.17, 15) is 14.7 Å². The highest BCUT2D eigenvalue weighted by Gasteiger charge is 2.39. The van der Waals surface area contributed by atoms with Gasteiger partial charge in [-0.2, -0.15) is 0 Å². The summed E-state index contributed by atoms with van der Waals surface area (Å²) < 4.78 is 5.43. The molecule has 0 spiro atoms. The minimum absolute atomic E-state index is 0.0207. The van der Waals surface area contributed by atoms with Crippen LogP contribution in [-0.2, 0) is 4.79 Å². The van der Waals surface area contributed by atoms with Crippen LogP contribution in [0, 0.1) is 0 Å². The van der Waals surface area contributed by atoms with E-state index in [1.54, 1.807) is 31.4 Å². The number of carbonyl (C=O) groups excluding carboxylic acids is 1. The molecule has 0 bridgehead atoms. The lowest BCUT2D eigenvalue weighted by atomic mass is 10.0. The van der Waals surface area contributed by atoms with Crippen molar-refractivity contribution in [3.63, 3.8) is 0 Å². The number of hydrogen-bond donors (Lipinski definition) is 1. The molecule has 4 rings (SSSR count). The maximum Gasteiger partial charge on any atom is 0.326 e. The van der Waals surface area contributed by atoms with E-state index in [2.05, 4.69) is 4.98 Å². The molecule has 1 saturated carbocycles. The summed E-state index contributed by atoms with van der Waals surface area (Å²) in [5.41, 5.74) is 1.67. The Morgan fingerprint density at radius 2 is 2.00 bits per heavy atom. The summed E-state index contributed by atoms with van der Waals surface area (Å²) in [5, 5.41) is 10.1. The minimum Gasteiger partial charge on any atom is -0.480 e. The van der Waals surface area contributed by atoms with Crippen LogP contribution in [0.25, 0.3) is 22.4 Å². The average Bonchev–Trinajstić information content (AvgIpc) is 3.32. The first-order chi connectivity index (χ1) is 12.6. The normalized spacial score (nSPS) is 15.0. The van der Waals surface area contributed by atoms with E-state index in [0.29, 0.717) is 27.9 Å². The van der Waals surface area contributed by atoms with E-state index < -0.39 is 12.0 Å². The van der Waals surface area contributed by atoms with Gasteiger partial charge in [0.05, 0.1) is 17.3 Å². The number of amides is 1. The molecule has 1 aromatic carbocycles. The van der Waals surface area contributed by atoms with Gasteiger partial charge in [-0.1, -0.05) is 18.2 Å². The molecule has 1 atom stereocenters. The lowest BCUT2D eigenvalue weighted by Gasteiger charge is -2.27. The summed E-state index contributed by atoms with van der Waals surface area (Å²) in [7, 11) is 0. The molecule has 1 aliphatic carbocycles. The minimum atomic E-state index is -1.00. The number of aliphatic carboxylic acids is 1. The van der Waals surface area contributed by atoms with E-state index in [1.165, 1.54) is 4.90 Å². The third kappa shape index (κ3) is 2.83. The highest BCUT2D eigenvalue weighted by atomic mass is 16.4. The molecule has 1 aliphatic rings. The molecule has 1 unspecified atom stereocenters. The number of para-hydroxylation sites is 1. The Morgan fingerprint density at radius 1 is 1.23 bits per heavy atom. The van der Waals surface area contributed by atoms with Gasteiger partial charge in [-0.25, -0.2) is 9.78 Å². The lowest BCUT2D eigenvalue weighted by molar-refractivity contribution is -0.141. The molecule has 3 aromatic rings. The molecule has 0 aliphatic heterocycles. The highest BCUT2D eigenvalue weighted by molar-refractivity contribution is 6.08. The molecule has 1 fully saturated rings. The summed E-state index contributed by atoms with van der Waals surface area (Å²) in [6, 6.07) is 11.7. The Hall–Kier alpha value is -3.15. The van der Waals surface area contributed by atoms with Gasteiger partial charge < -0.3 is 14.4 Å². The standard InChI is InChI=1S/C20H18N2O4/c1-12(20(24)25)22(13-8-9-13)19(23)15-11-17(18-7-4-10-26-18)21-16-6-3-2-5-14(15)16/h2-7,10-13H,8-9H2,1H3,(H,24,25). The molecule has 132 valence electrons. The molecule has 1 amide bonds. The number of benzene rings is 1. The number of carboxylic acid groups (broad SMARTS) is 1. The highest BCUT2D eigenvalue weighted by Crippen LogP contribution is 2.33. The Bertz CT molecular complexity index is 977. The van der Waals surface area contributed by atoms with Gasteiger partial charge in [0.15, 0.2) is 5.76 Å². The van der Waals surface area contributed by atoms with Crippen molar-refractivity contribution in [2.75, 3.05) is 0 Å². The van der Waals surface area contributed by atoms with Crippen LogP contribution in [0.2, 0.25) is 0 Å². The molecule has 2 aromatic heterocycles. The van der Waals surface area contributed by atoms with Crippen molar-refractivity contribution in [1.29, 1.82) is 0 Å². The number of pyridine rings is 1. The number of aromatic nitrogens is 1. The van der Waals surface area contributed by atoms with Gasteiger partial charge in [0, 0.05) is 11.4 Å². The van der Waals surface area contributed by atoms with Crippen molar-refractivity contribution in [1.82, 2.24) is 9.88 Å². The van der Waals surface area contributed by atoms with Crippen molar-refractivity contribution >= 4 is 22.8 Å². The first kappa shape index (κ1) is 16.3. The van der Waals surface area contributed by atoms with Crippen LogP contribution >= 0.6 is 0 Å². The molecule has 6 heteroatoms. The quantitative estimate of drug-likeness (QED) is 0.760. The van der Waals surface area contributed by atoms with Crippen LogP contribution < -0.4 is 0 Å². The topological polar surface area (TPSA) is 83.6 Å². The van der Waals surface area contributed by atoms with Crippen molar-refractivity contribution in [2.24, 2.45) is 0 Å². The molecule has 2 heterocycles. The predicted octanol–water partition coefficient (Wildman–Crippen LogP) is 3.57. The van der Waals surface area contributed by atoms with E-state index in [4.69, 9.17) is 4.42 Å². The third-order valence-corrected chi connectivity index (χ3v) is 4.67. The lowest BCUT2D eigenvalue weighted by Crippen LogP contribution is -2.44. The van der Waals surface area contributed by atoms with Gasteiger partial charge in [0.1, 0.15) is 11.7 Å². The number of hydrogen-bond acceptors (Lipinski definition) is 4. The summed E-state index contributed by atoms with van der Waals surface area (Å²) in [6.45, 7) is 1.55. The van der Waals surface area contributed by atoms with Gasteiger partial charge in [-0.3, -0.25) is 4.79 Å². The van der Waals surface area contributed by atoms with Crippen LogP contribution in [0.5, 0.6) is 0 Å². The van der Waals surface area contributed by atoms with Crippen molar-refractivity contribution in [3.05, 3.63) is 54.3 Å². The van der Waals surface area contributed by atoms with Crippen LogP contribution in [0.15, 0.2) is 53.1 Å². The van der Waals surface area contributed by atoms with Gasteiger partial charge in [0.25, 0.3) is 5.91 Å². The molecule has 1 N–H and O–H groups in total. The Balaban J connectivity index is 1.86. The van der Waals surface area contributed by atoms with E-state index in [1.807, 2.05) is 24.3 Å². The number of carboxylic acids is 1. The smallest absolute Gasteiger partial charge is 0.326 e. The summed E-state index contributed by atoms with van der Waals surface area (Å²) in [4.78, 5) is 30.9. The molecule has 0 saturated heterocycles. The Morgan fingerprint density at radius 3 is 2.65 bits per heavy atom. The first-order valence-electron chi connectivity index (χ1n) is 8.55. The van der Waals surface area contributed by atoms with Crippen LogP contribution in [0.3, 0.4) is 0 Å². The van der Waals surface area contributed by atoms with E-state index >= 15 is 0 Å². The van der Waals surface area contributed by atoms with Gasteiger partial charge >= 0.3 is 5.97 Å². The summed E-state index contributed by atoms with van der Waals surface area (Å²) in [5.74, 6) is -0.724. The predicted molar refractivity (Wildman–Crippen MR) is 95.7 cm³/mol. The van der Waals surface area contributed by atoms with Crippen molar-refractivity contribution in [3.8, 4) is 11.5 Å². The fourth-order valence-electron chi connectivity index (χ4n) is 3.17. The van der Waals surface area contributed by atoms with Gasteiger partial charge in [-0.15, -0.1) is 0 Å². The zero-order valence-corrected chi connectivity index (χ0v) is 14.3.